The Morgan fingerprint density at radius 2 is 1.95 bits per heavy atom. The minimum absolute atomic E-state index is 0.476. The molecule has 0 radical (unpaired) electrons. The summed E-state index contributed by atoms with van der Waals surface area (Å²) in [6.07, 6.45) is -3.50. The van der Waals surface area contributed by atoms with Gasteiger partial charge in [-0.15, -0.1) is 0 Å². The molecule has 0 aliphatic rings. The number of aromatic nitrogens is 1. The molecule has 19 heavy (non-hydrogen) atoms. The van der Waals surface area contributed by atoms with Crippen LogP contribution in [0.25, 0.3) is 10.9 Å². The van der Waals surface area contributed by atoms with Crippen molar-refractivity contribution in [3.8, 4) is 0 Å². The number of para-hydroxylation sites is 1. The third-order valence-corrected chi connectivity index (χ3v) is 2.93. The van der Waals surface area contributed by atoms with Gasteiger partial charge in [-0.1, -0.05) is 31.2 Å². The number of nitrogens with zero attached hydrogens (tertiary/aromatic N) is 1. The number of pyridine rings is 1. The second-order valence-corrected chi connectivity index (χ2v) is 4.35. The minimum atomic E-state index is -4.20. The van der Waals surface area contributed by atoms with Crippen molar-refractivity contribution >= 4 is 10.9 Å². The Kier molecular flexibility index (Phi) is 4.04. The lowest BCUT2D eigenvalue weighted by Crippen LogP contribution is -2.26. The van der Waals surface area contributed by atoms with E-state index in [1.54, 1.807) is 31.3 Å². The monoisotopic (exact) mass is 268 g/mol. The molecule has 5 heteroatoms. The number of halogens is 3. The lowest BCUT2D eigenvalue weighted by molar-refractivity contribution is -0.140. The van der Waals surface area contributed by atoms with Crippen LogP contribution in [-0.4, -0.2) is 17.7 Å². The third-order valence-electron chi connectivity index (χ3n) is 2.93. The molecule has 1 atom stereocenters. The SMILES string of the molecule is CCNC(CC(F)(F)F)c1cccc2cccnc12. The van der Waals surface area contributed by atoms with Crippen molar-refractivity contribution in [2.24, 2.45) is 0 Å². The normalized spacial score (nSPS) is 13.7. The molecule has 1 N–H and O–H groups in total. The molecular weight excluding hydrogens is 253 g/mol. The first-order chi connectivity index (χ1) is 9.01. The van der Waals surface area contributed by atoms with Crippen LogP contribution in [0.4, 0.5) is 13.2 Å². The Morgan fingerprint density at radius 3 is 2.63 bits per heavy atom. The molecular formula is C14H15F3N2. The molecule has 0 aliphatic heterocycles. The third kappa shape index (κ3) is 3.44. The van der Waals surface area contributed by atoms with Crippen LogP contribution in [0.5, 0.6) is 0 Å². The van der Waals surface area contributed by atoms with Gasteiger partial charge in [-0.2, -0.15) is 13.2 Å². The molecule has 1 aromatic carbocycles. The molecule has 0 saturated heterocycles. The van der Waals surface area contributed by atoms with E-state index in [2.05, 4.69) is 10.3 Å². The number of benzene rings is 1. The Hall–Kier alpha value is -1.62. The summed E-state index contributed by atoms with van der Waals surface area (Å²) in [7, 11) is 0. The lowest BCUT2D eigenvalue weighted by Gasteiger charge is -2.21. The van der Waals surface area contributed by atoms with Gasteiger partial charge in [0.2, 0.25) is 0 Å². The molecule has 102 valence electrons. The second-order valence-electron chi connectivity index (χ2n) is 4.35. The molecule has 0 bridgehead atoms. The number of fused-ring (bicyclic) bond motifs is 1. The zero-order valence-corrected chi connectivity index (χ0v) is 10.5. The van der Waals surface area contributed by atoms with E-state index in [9.17, 15) is 13.2 Å². The van der Waals surface area contributed by atoms with Crippen molar-refractivity contribution in [3.63, 3.8) is 0 Å². The van der Waals surface area contributed by atoms with E-state index in [-0.39, 0.29) is 0 Å². The van der Waals surface area contributed by atoms with E-state index in [4.69, 9.17) is 0 Å². The summed E-state index contributed by atoms with van der Waals surface area (Å²) in [5.41, 5.74) is 1.22. The summed E-state index contributed by atoms with van der Waals surface area (Å²) >= 11 is 0. The highest BCUT2D eigenvalue weighted by molar-refractivity contribution is 5.82. The molecule has 2 aromatic rings. The largest absolute Gasteiger partial charge is 0.390 e. The van der Waals surface area contributed by atoms with Crippen molar-refractivity contribution in [1.29, 1.82) is 0 Å². The van der Waals surface area contributed by atoms with Gasteiger partial charge in [-0.05, 0) is 18.2 Å². The fraction of sp³-hybridized carbons (Fsp3) is 0.357. The summed E-state index contributed by atoms with van der Waals surface area (Å²) in [5.74, 6) is 0. The minimum Gasteiger partial charge on any atom is -0.310 e. The molecule has 0 amide bonds. The fourth-order valence-electron chi connectivity index (χ4n) is 2.18. The molecule has 2 nitrogen and oxygen atoms in total. The van der Waals surface area contributed by atoms with Gasteiger partial charge in [0.15, 0.2) is 0 Å². The summed E-state index contributed by atoms with van der Waals surface area (Å²) in [4.78, 5) is 4.21. The fourth-order valence-corrected chi connectivity index (χ4v) is 2.18. The predicted molar refractivity (Wildman–Crippen MR) is 68.8 cm³/mol. The van der Waals surface area contributed by atoms with Crippen LogP contribution in [-0.2, 0) is 0 Å². The molecule has 2 rings (SSSR count). The Balaban J connectivity index is 2.44. The quantitative estimate of drug-likeness (QED) is 0.911. The summed E-state index contributed by atoms with van der Waals surface area (Å²) in [6, 6.07) is 8.18. The van der Waals surface area contributed by atoms with Crippen LogP contribution in [0, 0.1) is 0 Å². The maximum absolute atomic E-state index is 12.7. The Morgan fingerprint density at radius 1 is 1.21 bits per heavy atom. The van der Waals surface area contributed by atoms with Crippen molar-refractivity contribution in [2.45, 2.75) is 25.6 Å². The van der Waals surface area contributed by atoms with Crippen molar-refractivity contribution < 1.29 is 13.2 Å². The lowest BCUT2D eigenvalue weighted by atomic mass is 10.00. The highest BCUT2D eigenvalue weighted by atomic mass is 19.4. The topological polar surface area (TPSA) is 24.9 Å². The standard InChI is InChI=1S/C14H15F3N2/c1-2-18-12(9-14(15,16)17)11-7-3-5-10-6-4-8-19-13(10)11/h3-8,12,18H,2,9H2,1H3. The highest BCUT2D eigenvalue weighted by Gasteiger charge is 2.33. The van der Waals surface area contributed by atoms with Gasteiger partial charge in [0.25, 0.3) is 0 Å². The van der Waals surface area contributed by atoms with E-state index in [1.165, 1.54) is 0 Å². The average Bonchev–Trinajstić information content (AvgIpc) is 2.36. The first-order valence-electron chi connectivity index (χ1n) is 6.15. The van der Waals surface area contributed by atoms with E-state index < -0.39 is 18.6 Å². The van der Waals surface area contributed by atoms with Crippen molar-refractivity contribution in [3.05, 3.63) is 42.1 Å². The first-order valence-corrected chi connectivity index (χ1v) is 6.15. The number of rotatable bonds is 4. The smallest absolute Gasteiger partial charge is 0.310 e. The maximum Gasteiger partial charge on any atom is 0.390 e. The van der Waals surface area contributed by atoms with E-state index >= 15 is 0 Å². The average molecular weight is 268 g/mol. The van der Waals surface area contributed by atoms with E-state index in [0.29, 0.717) is 17.6 Å². The van der Waals surface area contributed by atoms with E-state index in [0.717, 1.165) is 5.39 Å². The summed E-state index contributed by atoms with van der Waals surface area (Å²) < 4.78 is 38.0. The van der Waals surface area contributed by atoms with Crippen LogP contribution in [0.2, 0.25) is 0 Å². The van der Waals surface area contributed by atoms with Gasteiger partial charge in [0.05, 0.1) is 11.9 Å². The van der Waals surface area contributed by atoms with Gasteiger partial charge in [-0.3, -0.25) is 4.98 Å². The van der Waals surface area contributed by atoms with Crippen LogP contribution >= 0.6 is 0 Å². The Labute approximate surface area is 109 Å². The van der Waals surface area contributed by atoms with Gasteiger partial charge >= 0.3 is 6.18 Å². The molecule has 0 saturated carbocycles. The number of alkyl halides is 3. The van der Waals surface area contributed by atoms with Gasteiger partial charge in [-0.25, -0.2) is 0 Å². The molecule has 1 unspecified atom stereocenters. The summed E-state index contributed by atoms with van der Waals surface area (Å²) in [5, 5.41) is 3.74. The van der Waals surface area contributed by atoms with E-state index in [1.807, 2.05) is 12.1 Å². The molecule has 0 fully saturated rings. The van der Waals surface area contributed by atoms with Crippen LogP contribution in [0.3, 0.4) is 0 Å². The molecule has 1 aromatic heterocycles. The molecule has 0 aliphatic carbocycles. The summed E-state index contributed by atoms with van der Waals surface area (Å²) in [6.45, 7) is 2.27. The zero-order chi connectivity index (χ0) is 13.9. The number of nitrogens with one attached hydrogen (secondary N) is 1. The van der Waals surface area contributed by atoms with Crippen molar-refractivity contribution in [1.82, 2.24) is 10.3 Å². The van der Waals surface area contributed by atoms with Crippen LogP contribution in [0.1, 0.15) is 24.9 Å². The number of hydrogen-bond donors (Lipinski definition) is 1. The second kappa shape index (κ2) is 5.57. The van der Waals surface area contributed by atoms with Crippen molar-refractivity contribution in [2.75, 3.05) is 6.54 Å². The maximum atomic E-state index is 12.7. The van der Waals surface area contributed by atoms with Gasteiger partial charge in [0, 0.05) is 17.6 Å². The van der Waals surface area contributed by atoms with Crippen LogP contribution < -0.4 is 5.32 Å². The van der Waals surface area contributed by atoms with Crippen LogP contribution in [0.15, 0.2) is 36.5 Å². The van der Waals surface area contributed by atoms with Gasteiger partial charge < -0.3 is 5.32 Å². The highest BCUT2D eigenvalue weighted by Crippen LogP contribution is 2.32. The Bertz CT molecular complexity index is 546. The molecule has 1 heterocycles. The first kappa shape index (κ1) is 13.8. The number of hydrogen-bond acceptors (Lipinski definition) is 2. The molecule has 0 spiro atoms. The predicted octanol–water partition coefficient (Wildman–Crippen LogP) is 3.84. The zero-order valence-electron chi connectivity index (χ0n) is 10.5. The van der Waals surface area contributed by atoms with Gasteiger partial charge in [0.1, 0.15) is 0 Å².